The summed E-state index contributed by atoms with van der Waals surface area (Å²) in [4.78, 5) is 16.9. The minimum absolute atomic E-state index is 0. The second-order valence-electron chi connectivity index (χ2n) is 12.1. The standard InChI is InChI=1S/C22H24N.C15H28O2.Ir/c1-6-16(4)18-7-8-20-21(12-18)17(5)13-23-22(20)19-10-14(2)9-15(3)11-19;1-7-14(5,8-2)12(16)11-13(17)15(6,9-3)10-4;/h7-10,12-13,16H,6H2,1-5H3;11,16H,7-10H2,1-6H3;/q-1;;/b;12-11-;. The van der Waals surface area contributed by atoms with Crippen molar-refractivity contribution in [3.05, 3.63) is 76.7 Å². The molecule has 1 radical (unpaired) electrons. The number of rotatable bonds is 10. The number of benzene rings is 2. The van der Waals surface area contributed by atoms with Crippen molar-refractivity contribution in [2.24, 2.45) is 10.8 Å². The maximum atomic E-state index is 12.2. The van der Waals surface area contributed by atoms with E-state index < -0.39 is 0 Å². The van der Waals surface area contributed by atoms with Crippen molar-refractivity contribution in [1.82, 2.24) is 4.98 Å². The van der Waals surface area contributed by atoms with Crippen LogP contribution in [0, 0.1) is 37.7 Å². The Kier molecular flexibility index (Phi) is 14.2. The molecule has 0 fully saturated rings. The Morgan fingerprint density at radius 1 is 0.927 bits per heavy atom. The quantitative estimate of drug-likeness (QED) is 0.128. The van der Waals surface area contributed by atoms with Gasteiger partial charge in [0.2, 0.25) is 0 Å². The fourth-order valence-electron chi connectivity index (χ4n) is 4.86. The number of nitrogens with zero attached hydrogens (tertiary/aromatic N) is 1. The van der Waals surface area contributed by atoms with Gasteiger partial charge in [-0.3, -0.25) is 4.79 Å². The first-order valence-electron chi connectivity index (χ1n) is 15.1. The number of allylic oxidation sites excluding steroid dienone is 2. The van der Waals surface area contributed by atoms with E-state index in [0.29, 0.717) is 5.92 Å². The molecule has 1 aromatic heterocycles. The molecule has 0 bridgehead atoms. The Bertz CT molecular complexity index is 1310. The number of aromatic nitrogens is 1. The van der Waals surface area contributed by atoms with Crippen LogP contribution in [0.4, 0.5) is 0 Å². The SMILES string of the molecule is CCC(C)(CC)C(=O)/C=C(\O)C(C)(CC)CC.CCC(C)c1ccc2c(-c3[c-]c(C)cc(C)c3)ncc(C)c2c1.[Ir]. The normalized spacial score (nSPS) is 12.8. The predicted molar refractivity (Wildman–Crippen MR) is 172 cm³/mol. The number of fused-ring (bicyclic) bond motifs is 1. The third kappa shape index (κ3) is 8.85. The zero-order valence-corrected chi connectivity index (χ0v) is 29.7. The van der Waals surface area contributed by atoms with Crippen molar-refractivity contribution in [2.75, 3.05) is 0 Å². The molecule has 1 atom stereocenters. The minimum atomic E-state index is -0.337. The molecule has 41 heavy (non-hydrogen) atoms. The number of carbonyl (C=O) groups is 1. The van der Waals surface area contributed by atoms with Crippen LogP contribution >= 0.6 is 0 Å². The molecular weight excluding hydrogens is 683 g/mol. The first kappa shape index (κ1) is 36.7. The minimum Gasteiger partial charge on any atom is -0.512 e. The van der Waals surface area contributed by atoms with Crippen LogP contribution in [0.5, 0.6) is 0 Å². The summed E-state index contributed by atoms with van der Waals surface area (Å²) >= 11 is 0. The molecule has 227 valence electrons. The van der Waals surface area contributed by atoms with Crippen LogP contribution in [0.2, 0.25) is 0 Å². The van der Waals surface area contributed by atoms with Gasteiger partial charge < -0.3 is 10.1 Å². The molecule has 1 unspecified atom stereocenters. The van der Waals surface area contributed by atoms with E-state index in [2.05, 4.69) is 71.0 Å². The average Bonchev–Trinajstić information content (AvgIpc) is 2.95. The summed E-state index contributed by atoms with van der Waals surface area (Å²) < 4.78 is 0. The third-order valence-electron chi connectivity index (χ3n) is 9.30. The van der Waals surface area contributed by atoms with Crippen molar-refractivity contribution in [3.63, 3.8) is 0 Å². The van der Waals surface area contributed by atoms with Crippen molar-refractivity contribution in [1.29, 1.82) is 0 Å². The molecule has 3 aromatic rings. The topological polar surface area (TPSA) is 50.2 Å². The van der Waals surface area contributed by atoms with Crippen molar-refractivity contribution >= 4 is 16.6 Å². The zero-order valence-electron chi connectivity index (χ0n) is 27.3. The van der Waals surface area contributed by atoms with Crippen LogP contribution in [-0.2, 0) is 24.9 Å². The van der Waals surface area contributed by atoms with Gasteiger partial charge in [0.05, 0.1) is 0 Å². The van der Waals surface area contributed by atoms with Gasteiger partial charge >= 0.3 is 0 Å². The number of hydrogen-bond donors (Lipinski definition) is 1. The Hall–Kier alpha value is -2.29. The van der Waals surface area contributed by atoms with E-state index in [1.165, 1.54) is 33.5 Å². The number of aliphatic hydroxyl groups is 1. The molecule has 4 heteroatoms. The summed E-state index contributed by atoms with van der Waals surface area (Å²) in [5.74, 6) is 0.872. The summed E-state index contributed by atoms with van der Waals surface area (Å²) in [5, 5.41) is 12.7. The average molecular weight is 735 g/mol. The largest absolute Gasteiger partial charge is 0.512 e. The molecular formula is C37H52IrNO2-. The first-order valence-corrected chi connectivity index (χ1v) is 15.1. The Balaban J connectivity index is 0.000000421. The van der Waals surface area contributed by atoms with Crippen molar-refractivity contribution in [3.8, 4) is 11.3 Å². The summed E-state index contributed by atoms with van der Waals surface area (Å²) in [6.45, 7) is 23.0. The van der Waals surface area contributed by atoms with Gasteiger partial charge in [-0.25, -0.2) is 0 Å². The monoisotopic (exact) mass is 735 g/mol. The van der Waals surface area contributed by atoms with Crippen molar-refractivity contribution in [2.45, 2.75) is 114 Å². The van der Waals surface area contributed by atoms with Crippen LogP contribution in [-0.4, -0.2) is 15.9 Å². The number of carbonyl (C=O) groups excluding carboxylic acids is 1. The van der Waals surface area contributed by atoms with Crippen LogP contribution in [0.15, 0.2) is 48.4 Å². The van der Waals surface area contributed by atoms with E-state index in [0.717, 1.165) is 48.9 Å². The molecule has 0 aliphatic carbocycles. The molecule has 0 spiro atoms. The van der Waals surface area contributed by atoms with Gasteiger partial charge in [0.25, 0.3) is 0 Å². The van der Waals surface area contributed by atoms with Gasteiger partial charge in [0.15, 0.2) is 5.78 Å². The number of pyridine rings is 1. The summed E-state index contributed by atoms with van der Waals surface area (Å²) in [5.41, 5.74) is 6.57. The summed E-state index contributed by atoms with van der Waals surface area (Å²) in [6.07, 6.45) is 7.90. The van der Waals surface area contributed by atoms with Crippen LogP contribution in [0.1, 0.15) is 116 Å². The predicted octanol–water partition coefficient (Wildman–Crippen LogP) is 10.8. The molecule has 1 heterocycles. The van der Waals surface area contributed by atoms with E-state index in [-0.39, 0.29) is 42.5 Å². The van der Waals surface area contributed by atoms with Crippen LogP contribution < -0.4 is 0 Å². The third-order valence-corrected chi connectivity index (χ3v) is 9.30. The fraction of sp³-hybridized carbons (Fsp3) is 0.514. The molecule has 0 saturated carbocycles. The molecule has 0 amide bonds. The van der Waals surface area contributed by atoms with E-state index >= 15 is 0 Å². The van der Waals surface area contributed by atoms with Gasteiger partial charge in [-0.15, -0.1) is 34.9 Å². The van der Waals surface area contributed by atoms with E-state index in [9.17, 15) is 9.90 Å². The number of aliphatic hydroxyl groups excluding tert-OH is 1. The van der Waals surface area contributed by atoms with Gasteiger partial charge in [-0.05, 0) is 72.5 Å². The van der Waals surface area contributed by atoms with Gasteiger partial charge in [-0.1, -0.05) is 87.4 Å². The van der Waals surface area contributed by atoms with Crippen LogP contribution in [0.3, 0.4) is 0 Å². The molecule has 0 saturated heterocycles. The smallest absolute Gasteiger partial charge is 0.164 e. The zero-order chi connectivity index (χ0) is 30.3. The van der Waals surface area contributed by atoms with Gasteiger partial charge in [-0.2, -0.15) is 0 Å². The van der Waals surface area contributed by atoms with Gasteiger partial charge in [0.1, 0.15) is 5.76 Å². The number of aryl methyl sites for hydroxylation is 3. The molecule has 3 nitrogen and oxygen atoms in total. The van der Waals surface area contributed by atoms with E-state index in [4.69, 9.17) is 4.98 Å². The van der Waals surface area contributed by atoms with Crippen molar-refractivity contribution < 1.29 is 30.0 Å². The summed E-state index contributed by atoms with van der Waals surface area (Å²) in [7, 11) is 0. The second kappa shape index (κ2) is 15.8. The van der Waals surface area contributed by atoms with E-state index in [1.54, 1.807) is 0 Å². The number of hydrogen-bond acceptors (Lipinski definition) is 3. The molecule has 3 rings (SSSR count). The molecule has 1 N–H and O–H groups in total. The number of ketones is 1. The Labute approximate surface area is 263 Å². The van der Waals surface area contributed by atoms with Gasteiger partial charge in [0, 0.05) is 43.2 Å². The molecule has 2 aromatic carbocycles. The molecule has 0 aliphatic rings. The Morgan fingerprint density at radius 2 is 1.51 bits per heavy atom. The summed E-state index contributed by atoms with van der Waals surface area (Å²) in [6, 6.07) is 14.6. The molecule has 0 aliphatic heterocycles. The maximum absolute atomic E-state index is 12.2. The fourth-order valence-corrected chi connectivity index (χ4v) is 4.86. The maximum Gasteiger partial charge on any atom is 0.164 e. The second-order valence-corrected chi connectivity index (χ2v) is 12.1. The Morgan fingerprint density at radius 3 is 2.02 bits per heavy atom. The van der Waals surface area contributed by atoms with Crippen LogP contribution in [0.25, 0.3) is 22.0 Å². The van der Waals surface area contributed by atoms with E-state index in [1.807, 2.05) is 47.7 Å². The first-order chi connectivity index (χ1) is 18.8.